The molecule has 10 heteroatoms. The average molecular weight is 583 g/mol. The molecule has 0 atom stereocenters. The molecule has 1 aliphatic heterocycles. The maximum absolute atomic E-state index is 13.7. The maximum Gasteiger partial charge on any atom is 0.261 e. The zero-order valence-corrected chi connectivity index (χ0v) is 24.4. The normalized spacial score (nSPS) is 13.6. The Balaban J connectivity index is 1.43. The molecule has 1 aliphatic rings. The topological polar surface area (TPSA) is 76.5 Å². The van der Waals surface area contributed by atoms with Crippen LogP contribution in [0, 0.1) is 0 Å². The van der Waals surface area contributed by atoms with Crippen LogP contribution in [0.2, 0.25) is 5.02 Å². The summed E-state index contributed by atoms with van der Waals surface area (Å²) in [4.78, 5) is 32.6. The van der Waals surface area contributed by atoms with E-state index in [1.165, 1.54) is 5.56 Å². The molecule has 3 aromatic rings. The molecule has 0 saturated carbocycles. The minimum absolute atomic E-state index is 0.0454. The van der Waals surface area contributed by atoms with Crippen LogP contribution in [0.3, 0.4) is 0 Å². The lowest BCUT2D eigenvalue weighted by molar-refractivity contribution is -0.142. The van der Waals surface area contributed by atoms with Crippen LogP contribution in [0.1, 0.15) is 11.3 Å². The van der Waals surface area contributed by atoms with Crippen molar-refractivity contribution >= 4 is 23.4 Å². The van der Waals surface area contributed by atoms with Crippen LogP contribution in [0.5, 0.6) is 5.75 Å². The Kier molecular flexibility index (Phi) is 12.1. The maximum atomic E-state index is 13.7. The molecule has 1 saturated heterocycles. The quantitative estimate of drug-likeness (QED) is 0.273. The van der Waals surface area contributed by atoms with Crippen LogP contribution in [-0.2, 0) is 32.2 Å². The van der Waals surface area contributed by atoms with Crippen LogP contribution in [0.4, 0.5) is 0 Å². The van der Waals surface area contributed by atoms with Gasteiger partial charge in [-0.25, -0.2) is 0 Å². The Labute approximate surface area is 247 Å². The predicted octanol–water partition coefficient (Wildman–Crippen LogP) is 3.40. The Morgan fingerprint density at radius 3 is 2.41 bits per heavy atom. The summed E-state index contributed by atoms with van der Waals surface area (Å²) < 4.78 is 18.6. The van der Waals surface area contributed by atoms with Crippen molar-refractivity contribution in [2.75, 3.05) is 72.8 Å². The second kappa shape index (κ2) is 16.2. The molecule has 9 nitrogen and oxygen atoms in total. The van der Waals surface area contributed by atoms with Gasteiger partial charge in [0.2, 0.25) is 5.91 Å². The Hall–Kier alpha value is -3.37. The summed E-state index contributed by atoms with van der Waals surface area (Å²) in [6, 6.07) is 21.1. The van der Waals surface area contributed by atoms with E-state index in [-0.39, 0.29) is 25.0 Å². The van der Waals surface area contributed by atoms with Gasteiger partial charge in [0.25, 0.3) is 5.91 Å². The molecule has 41 heavy (non-hydrogen) atoms. The molecule has 0 bridgehead atoms. The van der Waals surface area contributed by atoms with E-state index in [1.54, 1.807) is 41.2 Å². The standard InChI is InChI=1S/C31H39ClN4O5/c1-39-19-18-36(23-28-8-5-13-34(28)22-26-6-3-2-4-7-26)30(37)24-35(15-14-33-16-20-40-21-17-33)31(38)25-41-29-11-9-27(32)10-12-29/h2-13H,14-25H2,1H3. The molecule has 1 fully saturated rings. The van der Waals surface area contributed by atoms with Crippen LogP contribution in [0.25, 0.3) is 0 Å². The number of hydrogen-bond acceptors (Lipinski definition) is 6. The Morgan fingerprint density at radius 1 is 0.927 bits per heavy atom. The molecule has 1 aromatic heterocycles. The number of rotatable bonds is 15. The molecule has 220 valence electrons. The van der Waals surface area contributed by atoms with Crippen LogP contribution in [0.15, 0.2) is 72.9 Å². The first kappa shape index (κ1) is 30.6. The summed E-state index contributed by atoms with van der Waals surface area (Å²) in [6.07, 6.45) is 2.02. The van der Waals surface area contributed by atoms with E-state index < -0.39 is 0 Å². The number of halogens is 1. The van der Waals surface area contributed by atoms with Crippen molar-refractivity contribution in [3.05, 3.63) is 89.2 Å². The Morgan fingerprint density at radius 2 is 1.68 bits per heavy atom. The fourth-order valence-electron chi connectivity index (χ4n) is 4.63. The fourth-order valence-corrected chi connectivity index (χ4v) is 4.75. The minimum Gasteiger partial charge on any atom is -0.484 e. The van der Waals surface area contributed by atoms with Crippen molar-refractivity contribution in [1.82, 2.24) is 19.3 Å². The van der Waals surface area contributed by atoms with E-state index in [0.29, 0.717) is 63.3 Å². The van der Waals surface area contributed by atoms with E-state index >= 15 is 0 Å². The van der Waals surface area contributed by atoms with Gasteiger partial charge < -0.3 is 28.6 Å². The van der Waals surface area contributed by atoms with Gasteiger partial charge in [0.05, 0.1) is 32.9 Å². The highest BCUT2D eigenvalue weighted by Crippen LogP contribution is 2.16. The lowest BCUT2D eigenvalue weighted by atomic mass is 10.2. The van der Waals surface area contributed by atoms with Crippen LogP contribution >= 0.6 is 11.6 Å². The Bertz CT molecular complexity index is 1210. The third-order valence-electron chi connectivity index (χ3n) is 7.03. The third kappa shape index (κ3) is 9.89. The number of hydrogen-bond donors (Lipinski definition) is 0. The second-order valence-corrected chi connectivity index (χ2v) is 10.4. The highest BCUT2D eigenvalue weighted by molar-refractivity contribution is 6.30. The van der Waals surface area contributed by atoms with Crippen molar-refractivity contribution in [1.29, 1.82) is 0 Å². The van der Waals surface area contributed by atoms with Crippen LogP contribution < -0.4 is 4.74 Å². The van der Waals surface area contributed by atoms with Gasteiger partial charge in [0.15, 0.2) is 6.61 Å². The van der Waals surface area contributed by atoms with Crippen molar-refractivity contribution < 1.29 is 23.8 Å². The molecule has 4 rings (SSSR count). The average Bonchev–Trinajstić information content (AvgIpc) is 3.44. The summed E-state index contributed by atoms with van der Waals surface area (Å²) in [6.45, 7) is 5.72. The largest absolute Gasteiger partial charge is 0.484 e. The molecular formula is C31H39ClN4O5. The molecule has 0 spiro atoms. The van der Waals surface area contributed by atoms with E-state index in [2.05, 4.69) is 21.6 Å². The number of carbonyl (C=O) groups is 2. The first-order valence-electron chi connectivity index (χ1n) is 13.9. The molecule has 0 unspecified atom stereocenters. The van der Waals surface area contributed by atoms with Gasteiger partial charge in [-0.3, -0.25) is 14.5 Å². The smallest absolute Gasteiger partial charge is 0.261 e. The summed E-state index contributed by atoms with van der Waals surface area (Å²) in [5.74, 6) is 0.153. The number of ether oxygens (including phenoxy) is 3. The van der Waals surface area contributed by atoms with Gasteiger partial charge in [0.1, 0.15) is 5.75 Å². The van der Waals surface area contributed by atoms with Gasteiger partial charge >= 0.3 is 0 Å². The third-order valence-corrected chi connectivity index (χ3v) is 7.29. The molecule has 2 heterocycles. The number of aromatic nitrogens is 1. The highest BCUT2D eigenvalue weighted by Gasteiger charge is 2.24. The van der Waals surface area contributed by atoms with Gasteiger partial charge in [-0.05, 0) is 42.0 Å². The number of amides is 2. The van der Waals surface area contributed by atoms with E-state index in [1.807, 2.05) is 36.5 Å². The van der Waals surface area contributed by atoms with Crippen molar-refractivity contribution in [2.45, 2.75) is 13.1 Å². The number of methoxy groups -OCH3 is 1. The number of morpholine rings is 1. The molecule has 0 N–H and O–H groups in total. The van der Waals surface area contributed by atoms with Crippen molar-refractivity contribution in [3.63, 3.8) is 0 Å². The number of benzene rings is 2. The van der Waals surface area contributed by atoms with Gasteiger partial charge in [-0.1, -0.05) is 41.9 Å². The fraction of sp³-hybridized carbons (Fsp3) is 0.419. The van der Waals surface area contributed by atoms with Crippen molar-refractivity contribution in [3.8, 4) is 5.75 Å². The zero-order valence-electron chi connectivity index (χ0n) is 23.6. The van der Waals surface area contributed by atoms with Crippen molar-refractivity contribution in [2.24, 2.45) is 0 Å². The van der Waals surface area contributed by atoms with Gasteiger partial charge in [-0.15, -0.1) is 0 Å². The molecule has 0 aliphatic carbocycles. The number of nitrogens with zero attached hydrogens (tertiary/aromatic N) is 4. The van der Waals surface area contributed by atoms with E-state index in [4.69, 9.17) is 25.8 Å². The zero-order chi connectivity index (χ0) is 28.9. The summed E-state index contributed by atoms with van der Waals surface area (Å²) in [5.41, 5.74) is 2.19. The summed E-state index contributed by atoms with van der Waals surface area (Å²) in [5, 5.41) is 0.590. The second-order valence-electron chi connectivity index (χ2n) is 9.93. The van der Waals surface area contributed by atoms with Gasteiger partial charge in [-0.2, -0.15) is 0 Å². The first-order valence-corrected chi connectivity index (χ1v) is 14.3. The highest BCUT2D eigenvalue weighted by atomic mass is 35.5. The number of carbonyl (C=O) groups excluding carboxylic acids is 2. The first-order chi connectivity index (χ1) is 20.0. The molecule has 2 amide bonds. The lowest BCUT2D eigenvalue weighted by Crippen LogP contribution is -2.48. The van der Waals surface area contributed by atoms with E-state index in [9.17, 15) is 9.59 Å². The monoisotopic (exact) mass is 582 g/mol. The molecular weight excluding hydrogens is 544 g/mol. The minimum atomic E-state index is -0.249. The van der Waals surface area contributed by atoms with Gasteiger partial charge in [0, 0.05) is 63.3 Å². The molecule has 2 aromatic carbocycles. The van der Waals surface area contributed by atoms with Crippen LogP contribution in [-0.4, -0.2) is 104 Å². The lowest BCUT2D eigenvalue weighted by Gasteiger charge is -2.31. The molecule has 0 radical (unpaired) electrons. The predicted molar refractivity (Wildman–Crippen MR) is 158 cm³/mol. The summed E-state index contributed by atoms with van der Waals surface area (Å²) in [7, 11) is 1.62. The van der Waals surface area contributed by atoms with E-state index in [0.717, 1.165) is 18.8 Å². The SMILES string of the molecule is COCCN(Cc1cccn1Cc1ccccc1)C(=O)CN(CCN1CCOCC1)C(=O)COc1ccc(Cl)cc1. The summed E-state index contributed by atoms with van der Waals surface area (Å²) >= 11 is 5.97.